The number of halogens is 3. The lowest BCUT2D eigenvalue weighted by atomic mass is 10.0. The Bertz CT molecular complexity index is 1110. The summed E-state index contributed by atoms with van der Waals surface area (Å²) < 4.78 is 50.2. The Morgan fingerprint density at radius 1 is 1.14 bits per heavy atom. The van der Waals surface area contributed by atoms with Crippen molar-refractivity contribution in [3.05, 3.63) is 64.0 Å². The number of ether oxygens (including phenoxy) is 2. The molecule has 0 fully saturated rings. The summed E-state index contributed by atoms with van der Waals surface area (Å²) in [7, 11) is 0. The van der Waals surface area contributed by atoms with Crippen molar-refractivity contribution >= 4 is 23.0 Å². The summed E-state index contributed by atoms with van der Waals surface area (Å²) in [6.07, 6.45) is -3.29. The second-order valence-corrected chi connectivity index (χ2v) is 6.72. The first-order chi connectivity index (χ1) is 13.5. The summed E-state index contributed by atoms with van der Waals surface area (Å²) in [4.78, 5) is 4.42. The summed E-state index contributed by atoms with van der Waals surface area (Å²) in [5.74, 6) is 1.24. The zero-order valence-corrected chi connectivity index (χ0v) is 15.0. The molecule has 1 aliphatic heterocycles. The third-order valence-corrected chi connectivity index (χ3v) is 4.96. The average molecular weight is 400 g/mol. The molecule has 0 aliphatic carbocycles. The van der Waals surface area contributed by atoms with Gasteiger partial charge in [-0.05, 0) is 35.9 Å². The van der Waals surface area contributed by atoms with E-state index in [4.69, 9.17) is 9.47 Å². The van der Waals surface area contributed by atoms with Crippen molar-refractivity contribution in [2.24, 2.45) is 0 Å². The van der Waals surface area contributed by atoms with E-state index in [9.17, 15) is 18.4 Å². The lowest BCUT2D eigenvalue weighted by Crippen LogP contribution is -2.07. The SMILES string of the molecule is N#CC(=Cc1ccccc1C(F)(F)F)c1nc(-c2ccc3c(c2)OCO3)cs1. The summed E-state index contributed by atoms with van der Waals surface area (Å²) in [6, 6.07) is 12.4. The van der Waals surface area contributed by atoms with E-state index in [1.807, 2.05) is 6.07 Å². The highest BCUT2D eigenvalue weighted by molar-refractivity contribution is 7.11. The first-order valence-corrected chi connectivity index (χ1v) is 8.97. The van der Waals surface area contributed by atoms with Gasteiger partial charge < -0.3 is 9.47 Å². The smallest absolute Gasteiger partial charge is 0.416 e. The van der Waals surface area contributed by atoms with Gasteiger partial charge in [0.15, 0.2) is 11.5 Å². The summed E-state index contributed by atoms with van der Waals surface area (Å²) in [5.41, 5.74) is 0.554. The zero-order chi connectivity index (χ0) is 19.7. The van der Waals surface area contributed by atoms with Gasteiger partial charge in [0.1, 0.15) is 11.1 Å². The van der Waals surface area contributed by atoms with E-state index in [2.05, 4.69) is 4.98 Å². The highest BCUT2D eigenvalue weighted by atomic mass is 32.1. The van der Waals surface area contributed by atoms with Crippen molar-refractivity contribution < 1.29 is 22.6 Å². The van der Waals surface area contributed by atoms with E-state index in [1.165, 1.54) is 35.6 Å². The number of fused-ring (bicyclic) bond motifs is 1. The van der Waals surface area contributed by atoms with Gasteiger partial charge in [-0.2, -0.15) is 18.4 Å². The lowest BCUT2D eigenvalue weighted by molar-refractivity contribution is -0.137. The van der Waals surface area contributed by atoms with Crippen LogP contribution in [-0.4, -0.2) is 11.8 Å². The van der Waals surface area contributed by atoms with Crippen LogP contribution in [0.4, 0.5) is 13.2 Å². The van der Waals surface area contributed by atoms with E-state index in [0.717, 1.165) is 11.6 Å². The lowest BCUT2D eigenvalue weighted by Gasteiger charge is -2.09. The number of hydrogen-bond donors (Lipinski definition) is 0. The molecule has 0 radical (unpaired) electrons. The van der Waals surface area contributed by atoms with Crippen LogP contribution >= 0.6 is 11.3 Å². The average Bonchev–Trinajstić information content (AvgIpc) is 3.34. The number of benzene rings is 2. The highest BCUT2D eigenvalue weighted by Gasteiger charge is 2.32. The van der Waals surface area contributed by atoms with E-state index in [0.29, 0.717) is 22.2 Å². The molecule has 1 aromatic heterocycles. The molecule has 0 saturated heterocycles. The van der Waals surface area contributed by atoms with Crippen molar-refractivity contribution in [1.82, 2.24) is 4.98 Å². The van der Waals surface area contributed by atoms with Crippen LogP contribution in [0.1, 0.15) is 16.1 Å². The molecule has 0 N–H and O–H groups in total. The number of aromatic nitrogens is 1. The standard InChI is InChI=1S/C20H11F3N2O2S/c21-20(22,23)15-4-2-1-3-12(15)7-14(9-24)19-25-16(10-28-19)13-5-6-17-18(8-13)27-11-26-17/h1-8,10H,11H2. The molecule has 28 heavy (non-hydrogen) atoms. The van der Waals surface area contributed by atoms with Gasteiger partial charge in [0.05, 0.1) is 16.8 Å². The molecule has 0 spiro atoms. The molecule has 0 unspecified atom stereocenters. The van der Waals surface area contributed by atoms with Crippen LogP contribution in [0.15, 0.2) is 47.8 Å². The van der Waals surface area contributed by atoms with Crippen LogP contribution in [0, 0.1) is 11.3 Å². The number of nitriles is 1. The van der Waals surface area contributed by atoms with Gasteiger partial charge in [-0.15, -0.1) is 11.3 Å². The molecule has 0 atom stereocenters. The van der Waals surface area contributed by atoms with Gasteiger partial charge in [0, 0.05) is 10.9 Å². The van der Waals surface area contributed by atoms with E-state index in [-0.39, 0.29) is 17.9 Å². The molecule has 1 aliphatic rings. The Morgan fingerprint density at radius 2 is 1.93 bits per heavy atom. The first-order valence-electron chi connectivity index (χ1n) is 8.09. The molecule has 8 heteroatoms. The Morgan fingerprint density at radius 3 is 2.71 bits per heavy atom. The highest BCUT2D eigenvalue weighted by Crippen LogP contribution is 2.37. The minimum atomic E-state index is -4.51. The van der Waals surface area contributed by atoms with Gasteiger partial charge in [-0.1, -0.05) is 18.2 Å². The van der Waals surface area contributed by atoms with Crippen LogP contribution in [0.3, 0.4) is 0 Å². The molecular formula is C20H11F3N2O2S. The monoisotopic (exact) mass is 400 g/mol. The minimum Gasteiger partial charge on any atom is -0.454 e. The van der Waals surface area contributed by atoms with Crippen molar-refractivity contribution in [2.75, 3.05) is 6.79 Å². The number of alkyl halides is 3. The largest absolute Gasteiger partial charge is 0.454 e. The predicted molar refractivity (Wildman–Crippen MR) is 98.6 cm³/mol. The third-order valence-electron chi connectivity index (χ3n) is 4.09. The molecule has 0 saturated carbocycles. The number of nitrogens with zero attached hydrogens (tertiary/aromatic N) is 2. The summed E-state index contributed by atoms with van der Waals surface area (Å²) in [5, 5.41) is 11.6. The van der Waals surface area contributed by atoms with Crippen molar-refractivity contribution in [2.45, 2.75) is 6.18 Å². The molecule has 140 valence electrons. The van der Waals surface area contributed by atoms with Gasteiger partial charge >= 0.3 is 6.18 Å². The van der Waals surface area contributed by atoms with E-state index >= 15 is 0 Å². The second-order valence-electron chi connectivity index (χ2n) is 5.86. The Hall–Kier alpha value is -3.31. The molecule has 0 bridgehead atoms. The zero-order valence-electron chi connectivity index (χ0n) is 14.2. The van der Waals surface area contributed by atoms with Crippen molar-refractivity contribution in [3.63, 3.8) is 0 Å². The number of rotatable bonds is 3. The normalized spacial score (nSPS) is 13.4. The number of hydrogen-bond acceptors (Lipinski definition) is 5. The molecule has 4 rings (SSSR count). The van der Waals surface area contributed by atoms with Crippen LogP contribution in [0.5, 0.6) is 11.5 Å². The van der Waals surface area contributed by atoms with E-state index in [1.54, 1.807) is 23.6 Å². The fourth-order valence-electron chi connectivity index (χ4n) is 2.76. The molecule has 3 aromatic rings. The molecule has 2 heterocycles. The quantitative estimate of drug-likeness (QED) is 0.536. The minimum absolute atomic E-state index is 0.0636. The Kier molecular flexibility index (Phi) is 4.53. The van der Waals surface area contributed by atoms with Crippen LogP contribution in [0.2, 0.25) is 0 Å². The number of allylic oxidation sites excluding steroid dienone is 1. The van der Waals surface area contributed by atoms with Crippen LogP contribution in [0.25, 0.3) is 22.9 Å². The summed E-state index contributed by atoms with van der Waals surface area (Å²) >= 11 is 1.19. The maximum absolute atomic E-state index is 13.2. The maximum atomic E-state index is 13.2. The fourth-order valence-corrected chi connectivity index (χ4v) is 3.56. The maximum Gasteiger partial charge on any atom is 0.416 e. The topological polar surface area (TPSA) is 55.1 Å². The molecular weight excluding hydrogens is 389 g/mol. The fraction of sp³-hybridized carbons (Fsp3) is 0.100. The first kappa shape index (κ1) is 18.1. The van der Waals surface area contributed by atoms with Crippen LogP contribution in [-0.2, 0) is 6.18 Å². The van der Waals surface area contributed by atoms with Crippen LogP contribution < -0.4 is 9.47 Å². The Labute approximate surface area is 162 Å². The van der Waals surface area contributed by atoms with Gasteiger partial charge in [-0.3, -0.25) is 0 Å². The van der Waals surface area contributed by atoms with Gasteiger partial charge in [-0.25, -0.2) is 4.98 Å². The molecule has 2 aromatic carbocycles. The van der Waals surface area contributed by atoms with Gasteiger partial charge in [0.2, 0.25) is 6.79 Å². The van der Waals surface area contributed by atoms with E-state index < -0.39 is 11.7 Å². The Balaban J connectivity index is 1.70. The third kappa shape index (κ3) is 3.44. The van der Waals surface area contributed by atoms with Crippen molar-refractivity contribution in [1.29, 1.82) is 5.26 Å². The molecule has 0 amide bonds. The van der Waals surface area contributed by atoms with Crippen molar-refractivity contribution in [3.8, 4) is 28.8 Å². The van der Waals surface area contributed by atoms with Gasteiger partial charge in [0.25, 0.3) is 0 Å². The number of thiazole rings is 1. The predicted octanol–water partition coefficient (Wildman–Crippen LogP) is 5.62. The second kappa shape index (κ2) is 7.02. The molecule has 4 nitrogen and oxygen atoms in total. The summed E-state index contributed by atoms with van der Waals surface area (Å²) in [6.45, 7) is 0.154.